The van der Waals surface area contributed by atoms with Crippen LogP contribution in [-0.4, -0.2) is 30.2 Å². The first-order valence-electron chi connectivity index (χ1n) is 5.75. The molecule has 96 valence electrons. The first kappa shape index (κ1) is 14.3. The average Bonchev–Trinajstić information content (AvgIpc) is 2.32. The second-order valence-electron chi connectivity index (χ2n) is 4.30. The summed E-state index contributed by atoms with van der Waals surface area (Å²) in [5.41, 5.74) is 1.12. The minimum Gasteiger partial charge on any atom is -0.503 e. The van der Waals surface area contributed by atoms with Crippen molar-refractivity contribution in [2.24, 2.45) is 0 Å². The summed E-state index contributed by atoms with van der Waals surface area (Å²) in [4.78, 5) is 2.28. The van der Waals surface area contributed by atoms with Crippen molar-refractivity contribution in [3.05, 3.63) is 22.2 Å². The van der Waals surface area contributed by atoms with Crippen molar-refractivity contribution < 1.29 is 9.84 Å². The molecule has 1 aromatic rings. The molecule has 0 saturated heterocycles. The number of methoxy groups -OCH3 is 1. The fourth-order valence-corrected chi connectivity index (χ4v) is 2.12. The van der Waals surface area contributed by atoms with E-state index in [-0.39, 0.29) is 5.75 Å². The minimum absolute atomic E-state index is 0.155. The Balaban J connectivity index is 2.89. The van der Waals surface area contributed by atoms with Crippen molar-refractivity contribution in [1.29, 1.82) is 0 Å². The number of ether oxygens (including phenoxy) is 1. The zero-order chi connectivity index (χ0) is 13.0. The second-order valence-corrected chi connectivity index (χ2v) is 5.16. The first-order chi connectivity index (χ1) is 7.99. The molecule has 0 radical (unpaired) electrons. The van der Waals surface area contributed by atoms with Crippen molar-refractivity contribution in [3.63, 3.8) is 0 Å². The third kappa shape index (κ3) is 3.61. The molecule has 0 spiro atoms. The zero-order valence-electron chi connectivity index (χ0n) is 10.8. The maximum absolute atomic E-state index is 9.73. The highest BCUT2D eigenvalue weighted by Crippen LogP contribution is 2.35. The first-order valence-corrected chi connectivity index (χ1v) is 6.54. The standard InChI is InChI=1S/C13H20BrNO2/c1-5-9(2)15(3)8-10-6-11(14)13(16)12(7-10)17-4/h6-7,9,16H,5,8H2,1-4H3. The smallest absolute Gasteiger partial charge is 0.172 e. The molecule has 0 aliphatic rings. The van der Waals surface area contributed by atoms with Crippen LogP contribution in [0.1, 0.15) is 25.8 Å². The molecule has 1 unspecified atom stereocenters. The van der Waals surface area contributed by atoms with Crippen LogP contribution in [0.4, 0.5) is 0 Å². The quantitative estimate of drug-likeness (QED) is 0.905. The predicted octanol–water partition coefficient (Wildman–Crippen LogP) is 3.39. The number of benzene rings is 1. The van der Waals surface area contributed by atoms with Crippen LogP contribution in [0.5, 0.6) is 11.5 Å². The highest BCUT2D eigenvalue weighted by Gasteiger charge is 2.12. The fraction of sp³-hybridized carbons (Fsp3) is 0.538. The van der Waals surface area contributed by atoms with Crippen molar-refractivity contribution in [2.75, 3.05) is 14.2 Å². The van der Waals surface area contributed by atoms with Gasteiger partial charge < -0.3 is 9.84 Å². The van der Waals surface area contributed by atoms with Crippen LogP contribution in [0.25, 0.3) is 0 Å². The maximum Gasteiger partial charge on any atom is 0.172 e. The molecule has 0 fully saturated rings. The summed E-state index contributed by atoms with van der Waals surface area (Å²) in [5.74, 6) is 0.661. The van der Waals surface area contributed by atoms with Gasteiger partial charge in [-0.05, 0) is 54.0 Å². The number of phenolic OH excluding ortho intramolecular Hbond substituents is 1. The van der Waals surface area contributed by atoms with Gasteiger partial charge in [-0.3, -0.25) is 4.90 Å². The van der Waals surface area contributed by atoms with E-state index in [1.807, 2.05) is 12.1 Å². The summed E-state index contributed by atoms with van der Waals surface area (Å²) < 4.78 is 5.81. The van der Waals surface area contributed by atoms with Crippen LogP contribution >= 0.6 is 15.9 Å². The van der Waals surface area contributed by atoms with Gasteiger partial charge in [0.15, 0.2) is 11.5 Å². The fourth-order valence-electron chi connectivity index (χ4n) is 1.63. The van der Waals surface area contributed by atoms with Gasteiger partial charge in [-0.2, -0.15) is 0 Å². The van der Waals surface area contributed by atoms with E-state index in [9.17, 15) is 5.11 Å². The molecule has 1 aromatic carbocycles. The van der Waals surface area contributed by atoms with E-state index < -0.39 is 0 Å². The maximum atomic E-state index is 9.73. The molecule has 0 heterocycles. The summed E-state index contributed by atoms with van der Waals surface area (Å²) in [6.45, 7) is 5.21. The molecular weight excluding hydrogens is 282 g/mol. The van der Waals surface area contributed by atoms with Crippen molar-refractivity contribution in [2.45, 2.75) is 32.9 Å². The molecule has 0 saturated carbocycles. The minimum atomic E-state index is 0.155. The summed E-state index contributed by atoms with van der Waals surface area (Å²) in [6.07, 6.45) is 1.12. The highest BCUT2D eigenvalue weighted by atomic mass is 79.9. The number of halogens is 1. The van der Waals surface area contributed by atoms with Crippen LogP contribution in [0, 0.1) is 0 Å². The Kier molecular flexibility index (Phi) is 5.28. The average molecular weight is 302 g/mol. The number of phenols is 1. The molecule has 0 aromatic heterocycles. The number of nitrogens with zero attached hydrogens (tertiary/aromatic N) is 1. The van der Waals surface area contributed by atoms with Crippen LogP contribution in [0.15, 0.2) is 16.6 Å². The molecule has 0 bridgehead atoms. The monoisotopic (exact) mass is 301 g/mol. The van der Waals surface area contributed by atoms with Crippen LogP contribution in [0.3, 0.4) is 0 Å². The molecule has 0 aliphatic carbocycles. The lowest BCUT2D eigenvalue weighted by molar-refractivity contribution is 0.243. The number of aromatic hydroxyl groups is 1. The van der Waals surface area contributed by atoms with E-state index in [0.717, 1.165) is 18.5 Å². The van der Waals surface area contributed by atoms with Gasteiger partial charge in [0.25, 0.3) is 0 Å². The summed E-state index contributed by atoms with van der Waals surface area (Å²) in [7, 11) is 3.66. The lowest BCUT2D eigenvalue weighted by Gasteiger charge is -2.23. The number of hydrogen-bond acceptors (Lipinski definition) is 3. The van der Waals surface area contributed by atoms with Crippen molar-refractivity contribution >= 4 is 15.9 Å². The Morgan fingerprint density at radius 2 is 2.12 bits per heavy atom. The lowest BCUT2D eigenvalue weighted by atomic mass is 10.1. The molecule has 17 heavy (non-hydrogen) atoms. The summed E-state index contributed by atoms with van der Waals surface area (Å²) in [6, 6.07) is 4.34. The van der Waals surface area contributed by atoms with Crippen LogP contribution in [0.2, 0.25) is 0 Å². The molecule has 0 aliphatic heterocycles. The normalized spacial score (nSPS) is 12.8. The largest absolute Gasteiger partial charge is 0.503 e. The third-order valence-corrected chi connectivity index (χ3v) is 3.69. The Labute approximate surface area is 112 Å². The van der Waals surface area contributed by atoms with Gasteiger partial charge in [0, 0.05) is 12.6 Å². The lowest BCUT2D eigenvalue weighted by Crippen LogP contribution is -2.27. The second kappa shape index (κ2) is 6.26. The van der Waals surface area contributed by atoms with Crippen LogP contribution < -0.4 is 4.74 Å². The van der Waals surface area contributed by atoms with Crippen molar-refractivity contribution in [1.82, 2.24) is 4.90 Å². The Morgan fingerprint density at radius 3 is 2.65 bits per heavy atom. The van der Waals surface area contributed by atoms with Gasteiger partial charge in [-0.25, -0.2) is 0 Å². The van der Waals surface area contributed by atoms with Gasteiger partial charge in [-0.1, -0.05) is 6.92 Å². The molecule has 3 nitrogen and oxygen atoms in total. The zero-order valence-corrected chi connectivity index (χ0v) is 12.4. The van der Waals surface area contributed by atoms with E-state index in [4.69, 9.17) is 4.74 Å². The van der Waals surface area contributed by atoms with Gasteiger partial charge >= 0.3 is 0 Å². The third-order valence-electron chi connectivity index (χ3n) is 3.08. The number of hydrogen-bond donors (Lipinski definition) is 1. The van der Waals surface area contributed by atoms with Crippen molar-refractivity contribution in [3.8, 4) is 11.5 Å². The highest BCUT2D eigenvalue weighted by molar-refractivity contribution is 9.10. The van der Waals surface area contributed by atoms with Gasteiger partial charge in [0.05, 0.1) is 11.6 Å². The van der Waals surface area contributed by atoms with Gasteiger partial charge in [0.1, 0.15) is 0 Å². The van der Waals surface area contributed by atoms with Gasteiger partial charge in [-0.15, -0.1) is 0 Å². The molecular formula is C13H20BrNO2. The summed E-state index contributed by atoms with van der Waals surface area (Å²) in [5, 5.41) is 9.73. The molecule has 0 amide bonds. The van der Waals surface area contributed by atoms with E-state index in [0.29, 0.717) is 16.3 Å². The Hall–Kier alpha value is -0.740. The Bertz CT molecular complexity index is 382. The molecule has 4 heteroatoms. The SMILES string of the molecule is CCC(C)N(C)Cc1cc(Br)c(O)c(OC)c1. The molecule has 1 N–H and O–H groups in total. The van der Waals surface area contributed by atoms with E-state index in [1.165, 1.54) is 0 Å². The topological polar surface area (TPSA) is 32.7 Å². The summed E-state index contributed by atoms with van der Waals surface area (Å²) >= 11 is 3.33. The number of rotatable bonds is 5. The van der Waals surface area contributed by atoms with Crippen LogP contribution in [-0.2, 0) is 6.54 Å². The molecule has 1 atom stereocenters. The predicted molar refractivity (Wildman–Crippen MR) is 73.6 cm³/mol. The van der Waals surface area contributed by atoms with E-state index in [1.54, 1.807) is 7.11 Å². The van der Waals surface area contributed by atoms with E-state index in [2.05, 4.69) is 41.7 Å². The Morgan fingerprint density at radius 1 is 1.47 bits per heavy atom. The van der Waals surface area contributed by atoms with Gasteiger partial charge in [0.2, 0.25) is 0 Å². The molecule has 1 rings (SSSR count). The van der Waals surface area contributed by atoms with E-state index >= 15 is 0 Å².